The minimum atomic E-state index is -0.546. The van der Waals surface area contributed by atoms with Crippen LogP contribution in [0.3, 0.4) is 0 Å². The van der Waals surface area contributed by atoms with Crippen molar-refractivity contribution in [2.75, 3.05) is 7.11 Å². The van der Waals surface area contributed by atoms with Crippen molar-refractivity contribution < 1.29 is 14.3 Å². The maximum atomic E-state index is 12.0. The van der Waals surface area contributed by atoms with Gasteiger partial charge in [0.1, 0.15) is 5.75 Å². The molecule has 0 heterocycles. The van der Waals surface area contributed by atoms with Crippen LogP contribution in [0.25, 0.3) is 6.08 Å². The number of nitrogens with one attached hydrogen (secondary N) is 2. The lowest BCUT2D eigenvalue weighted by molar-refractivity contribution is -0.117. The second-order valence-corrected chi connectivity index (χ2v) is 5.49. The molecule has 0 unspecified atom stereocenters. The highest BCUT2D eigenvalue weighted by atomic mass is 35.5. The number of benzene rings is 2. The zero-order chi connectivity index (χ0) is 17.5. The number of halogens is 2. The fourth-order valence-electron chi connectivity index (χ4n) is 1.87. The molecular weight excluding hydrogens is 351 g/mol. The molecule has 2 N–H and O–H groups in total. The standard InChI is InChI=1S/C17H14Cl2N2O3/c1-24-15-5-3-2-4-11(15)6-9-16(22)20-21-17(23)13-8-7-12(18)10-14(13)19/h2-10H,1H3,(H,20,22)(H,21,23)/b9-6+. The Morgan fingerprint density at radius 3 is 2.54 bits per heavy atom. The zero-order valence-electron chi connectivity index (χ0n) is 12.7. The molecule has 0 bridgehead atoms. The van der Waals surface area contributed by atoms with E-state index in [9.17, 15) is 9.59 Å². The summed E-state index contributed by atoms with van der Waals surface area (Å²) in [6.07, 6.45) is 2.86. The molecule has 0 aliphatic carbocycles. The van der Waals surface area contributed by atoms with Gasteiger partial charge in [0.15, 0.2) is 0 Å². The molecule has 0 fully saturated rings. The predicted octanol–water partition coefficient (Wildman–Crippen LogP) is 3.48. The molecule has 2 aromatic rings. The van der Waals surface area contributed by atoms with Crippen molar-refractivity contribution in [3.63, 3.8) is 0 Å². The van der Waals surface area contributed by atoms with E-state index >= 15 is 0 Å². The van der Waals surface area contributed by atoms with Gasteiger partial charge >= 0.3 is 0 Å². The van der Waals surface area contributed by atoms with Gasteiger partial charge in [-0.1, -0.05) is 41.4 Å². The Morgan fingerprint density at radius 1 is 1.08 bits per heavy atom. The molecule has 0 saturated heterocycles. The first-order valence-electron chi connectivity index (χ1n) is 6.87. The molecule has 0 aliphatic rings. The van der Waals surface area contributed by atoms with E-state index in [4.69, 9.17) is 27.9 Å². The number of rotatable bonds is 4. The molecule has 0 spiro atoms. The first kappa shape index (κ1) is 17.8. The molecule has 0 aliphatic heterocycles. The number of hydrogen-bond donors (Lipinski definition) is 2. The molecule has 0 atom stereocenters. The fourth-order valence-corrected chi connectivity index (χ4v) is 2.36. The number of methoxy groups -OCH3 is 1. The third-order valence-corrected chi connectivity index (χ3v) is 3.58. The van der Waals surface area contributed by atoms with Crippen LogP contribution >= 0.6 is 23.2 Å². The van der Waals surface area contributed by atoms with Gasteiger partial charge in [-0.15, -0.1) is 0 Å². The van der Waals surface area contributed by atoms with E-state index in [1.54, 1.807) is 25.3 Å². The Hall–Kier alpha value is -2.50. The van der Waals surface area contributed by atoms with E-state index < -0.39 is 11.8 Å². The second kappa shape index (κ2) is 8.38. The largest absolute Gasteiger partial charge is 0.496 e. The van der Waals surface area contributed by atoms with Crippen LogP contribution in [0.4, 0.5) is 0 Å². The number of ether oxygens (including phenoxy) is 1. The average Bonchev–Trinajstić information content (AvgIpc) is 2.58. The van der Waals surface area contributed by atoms with E-state index in [1.165, 1.54) is 24.3 Å². The van der Waals surface area contributed by atoms with Crippen LogP contribution in [0.1, 0.15) is 15.9 Å². The fraction of sp³-hybridized carbons (Fsp3) is 0.0588. The lowest BCUT2D eigenvalue weighted by Crippen LogP contribution is -2.40. The van der Waals surface area contributed by atoms with E-state index in [0.29, 0.717) is 10.8 Å². The number of hydrazine groups is 1. The minimum absolute atomic E-state index is 0.193. The molecule has 0 saturated carbocycles. The number of carbonyl (C=O) groups is 2. The van der Waals surface area contributed by atoms with Gasteiger partial charge in [-0.3, -0.25) is 20.4 Å². The summed E-state index contributed by atoms with van der Waals surface area (Å²) >= 11 is 11.7. The van der Waals surface area contributed by atoms with Crippen molar-refractivity contribution in [1.82, 2.24) is 10.9 Å². The van der Waals surface area contributed by atoms with Crippen molar-refractivity contribution >= 4 is 41.1 Å². The molecule has 7 heteroatoms. The van der Waals surface area contributed by atoms with Gasteiger partial charge in [0.25, 0.3) is 11.8 Å². The highest BCUT2D eigenvalue weighted by Crippen LogP contribution is 2.20. The third kappa shape index (κ3) is 4.75. The van der Waals surface area contributed by atoms with Crippen LogP contribution in [0.15, 0.2) is 48.5 Å². The van der Waals surface area contributed by atoms with Crippen LogP contribution in [0.2, 0.25) is 10.0 Å². The Balaban J connectivity index is 1.95. The monoisotopic (exact) mass is 364 g/mol. The lowest BCUT2D eigenvalue weighted by Gasteiger charge is -2.07. The van der Waals surface area contributed by atoms with Gasteiger partial charge in [-0.05, 0) is 30.3 Å². The molecule has 2 aromatic carbocycles. The van der Waals surface area contributed by atoms with Crippen molar-refractivity contribution in [3.05, 3.63) is 69.7 Å². The maximum Gasteiger partial charge on any atom is 0.271 e. The third-order valence-electron chi connectivity index (χ3n) is 3.03. The van der Waals surface area contributed by atoms with E-state index in [1.807, 2.05) is 12.1 Å². The summed E-state index contributed by atoms with van der Waals surface area (Å²) in [5, 5.41) is 0.610. The van der Waals surface area contributed by atoms with Crippen LogP contribution in [0, 0.1) is 0 Å². The number of amides is 2. The van der Waals surface area contributed by atoms with Crippen LogP contribution in [0.5, 0.6) is 5.75 Å². The molecule has 0 radical (unpaired) electrons. The van der Waals surface area contributed by atoms with Gasteiger partial charge in [0.2, 0.25) is 0 Å². The first-order chi connectivity index (χ1) is 11.5. The van der Waals surface area contributed by atoms with Crippen molar-refractivity contribution in [2.45, 2.75) is 0 Å². The van der Waals surface area contributed by atoms with Crippen molar-refractivity contribution in [1.29, 1.82) is 0 Å². The van der Waals surface area contributed by atoms with Crippen molar-refractivity contribution in [3.8, 4) is 5.75 Å². The molecule has 0 aromatic heterocycles. The van der Waals surface area contributed by atoms with E-state index in [-0.39, 0.29) is 10.6 Å². The Bertz CT molecular complexity index is 791. The quantitative estimate of drug-likeness (QED) is 0.644. The second-order valence-electron chi connectivity index (χ2n) is 4.64. The smallest absolute Gasteiger partial charge is 0.271 e. The average molecular weight is 365 g/mol. The highest BCUT2D eigenvalue weighted by molar-refractivity contribution is 6.36. The highest BCUT2D eigenvalue weighted by Gasteiger charge is 2.11. The molecule has 124 valence electrons. The maximum absolute atomic E-state index is 12.0. The van der Waals surface area contributed by atoms with E-state index in [0.717, 1.165) is 5.56 Å². The summed E-state index contributed by atoms with van der Waals surface area (Å²) < 4.78 is 5.18. The van der Waals surface area contributed by atoms with Gasteiger partial charge in [0.05, 0.1) is 17.7 Å². The normalized spacial score (nSPS) is 10.5. The topological polar surface area (TPSA) is 67.4 Å². The molecular formula is C17H14Cl2N2O3. The number of hydrogen-bond acceptors (Lipinski definition) is 3. The molecule has 24 heavy (non-hydrogen) atoms. The number of carbonyl (C=O) groups excluding carboxylic acids is 2. The van der Waals surface area contributed by atoms with Crippen molar-refractivity contribution in [2.24, 2.45) is 0 Å². The summed E-state index contributed by atoms with van der Waals surface area (Å²) in [4.78, 5) is 23.7. The zero-order valence-corrected chi connectivity index (χ0v) is 14.2. The van der Waals surface area contributed by atoms with Gasteiger partial charge in [-0.2, -0.15) is 0 Å². The first-order valence-corrected chi connectivity index (χ1v) is 7.63. The summed E-state index contributed by atoms with van der Waals surface area (Å²) in [7, 11) is 1.54. The lowest BCUT2D eigenvalue weighted by atomic mass is 10.2. The SMILES string of the molecule is COc1ccccc1/C=C/C(=O)NNC(=O)c1ccc(Cl)cc1Cl. The molecule has 5 nitrogen and oxygen atoms in total. The summed E-state index contributed by atoms with van der Waals surface area (Å²) in [6.45, 7) is 0. The Morgan fingerprint density at radius 2 is 1.83 bits per heavy atom. The Labute approximate surface area is 149 Å². The van der Waals surface area contributed by atoms with Crippen LogP contribution in [-0.4, -0.2) is 18.9 Å². The summed E-state index contributed by atoms with van der Waals surface area (Å²) in [5.74, 6) is -0.409. The predicted molar refractivity (Wildman–Crippen MR) is 94.1 cm³/mol. The summed E-state index contributed by atoms with van der Waals surface area (Å²) in [5.41, 5.74) is 5.49. The van der Waals surface area contributed by atoms with E-state index in [2.05, 4.69) is 10.9 Å². The van der Waals surface area contributed by atoms with Gasteiger partial charge < -0.3 is 4.74 Å². The van der Waals surface area contributed by atoms with Gasteiger partial charge in [0, 0.05) is 16.7 Å². The molecule has 2 amide bonds. The van der Waals surface area contributed by atoms with Crippen LogP contribution in [-0.2, 0) is 4.79 Å². The molecule has 2 rings (SSSR count). The van der Waals surface area contributed by atoms with Gasteiger partial charge in [-0.25, -0.2) is 0 Å². The number of para-hydroxylation sites is 1. The van der Waals surface area contributed by atoms with Crippen LogP contribution < -0.4 is 15.6 Å². The summed E-state index contributed by atoms with van der Waals surface area (Å²) in [6, 6.07) is 11.7. The Kier molecular flexibility index (Phi) is 6.23. The minimum Gasteiger partial charge on any atom is -0.496 e.